The molecule has 170 valence electrons. The summed E-state index contributed by atoms with van der Waals surface area (Å²) in [6.45, 7) is 1.42. The standard InChI is InChI=1S/C23H19F3N4O3/c1-13-12-19(31)20(29-30(13)18-9-5-3-7-16(18)23(24,25)26)22(33)28-17-8-4-2-6-15(17)21(32)27-14-10-11-14/h2-9,12,14H,10-11H2,1H3,(H,27,32)(H,28,33). The third-order valence-corrected chi connectivity index (χ3v) is 5.09. The van der Waals surface area contributed by atoms with Gasteiger partial charge < -0.3 is 10.6 Å². The molecule has 0 atom stereocenters. The van der Waals surface area contributed by atoms with E-state index in [0.29, 0.717) is 0 Å². The Morgan fingerprint density at radius 3 is 2.39 bits per heavy atom. The number of para-hydroxylation sites is 2. The van der Waals surface area contributed by atoms with Crippen molar-refractivity contribution >= 4 is 17.5 Å². The highest BCUT2D eigenvalue weighted by atomic mass is 19.4. The number of nitrogens with zero attached hydrogens (tertiary/aromatic N) is 2. The highest BCUT2D eigenvalue weighted by Gasteiger charge is 2.34. The minimum atomic E-state index is -4.66. The largest absolute Gasteiger partial charge is 0.418 e. The molecule has 0 aliphatic heterocycles. The zero-order valence-corrected chi connectivity index (χ0v) is 17.4. The molecule has 4 rings (SSSR count). The van der Waals surface area contributed by atoms with E-state index in [9.17, 15) is 27.6 Å². The van der Waals surface area contributed by atoms with Crippen molar-refractivity contribution in [1.82, 2.24) is 15.1 Å². The number of benzene rings is 2. The smallest absolute Gasteiger partial charge is 0.349 e. The molecule has 1 aliphatic carbocycles. The van der Waals surface area contributed by atoms with Crippen LogP contribution in [0.2, 0.25) is 0 Å². The van der Waals surface area contributed by atoms with Gasteiger partial charge in [0.25, 0.3) is 11.8 Å². The van der Waals surface area contributed by atoms with E-state index in [0.717, 1.165) is 29.7 Å². The second-order valence-electron chi connectivity index (χ2n) is 7.67. The highest BCUT2D eigenvalue weighted by Crippen LogP contribution is 2.33. The van der Waals surface area contributed by atoms with Gasteiger partial charge in [-0.1, -0.05) is 24.3 Å². The third kappa shape index (κ3) is 4.79. The lowest BCUT2D eigenvalue weighted by Gasteiger charge is -2.17. The molecule has 2 N–H and O–H groups in total. The van der Waals surface area contributed by atoms with Gasteiger partial charge in [0.2, 0.25) is 5.43 Å². The van der Waals surface area contributed by atoms with Gasteiger partial charge in [0.1, 0.15) is 0 Å². The summed E-state index contributed by atoms with van der Waals surface area (Å²) in [6, 6.07) is 12.1. The third-order valence-electron chi connectivity index (χ3n) is 5.09. The van der Waals surface area contributed by atoms with Gasteiger partial charge in [0.15, 0.2) is 5.69 Å². The fraction of sp³-hybridized carbons (Fsp3) is 0.217. The quantitative estimate of drug-likeness (QED) is 0.612. The lowest BCUT2D eigenvalue weighted by atomic mass is 10.1. The topological polar surface area (TPSA) is 93.1 Å². The van der Waals surface area contributed by atoms with Crippen molar-refractivity contribution in [3.63, 3.8) is 0 Å². The van der Waals surface area contributed by atoms with Crippen molar-refractivity contribution < 1.29 is 22.8 Å². The number of alkyl halides is 3. The van der Waals surface area contributed by atoms with E-state index >= 15 is 0 Å². The molecule has 2 amide bonds. The number of aryl methyl sites for hydroxylation is 1. The van der Waals surface area contributed by atoms with Crippen LogP contribution in [-0.2, 0) is 6.18 Å². The first kappa shape index (κ1) is 22.3. The van der Waals surface area contributed by atoms with Crippen LogP contribution in [-0.4, -0.2) is 27.6 Å². The Morgan fingerprint density at radius 2 is 1.70 bits per heavy atom. The average molecular weight is 456 g/mol. The van der Waals surface area contributed by atoms with E-state index in [-0.39, 0.29) is 34.6 Å². The molecule has 3 aromatic rings. The number of hydrogen-bond acceptors (Lipinski definition) is 4. The van der Waals surface area contributed by atoms with Crippen LogP contribution in [0.3, 0.4) is 0 Å². The summed E-state index contributed by atoms with van der Waals surface area (Å²) in [4.78, 5) is 37.8. The summed E-state index contributed by atoms with van der Waals surface area (Å²) in [5.41, 5.74) is -2.16. The second-order valence-corrected chi connectivity index (χ2v) is 7.67. The van der Waals surface area contributed by atoms with Gasteiger partial charge in [-0.2, -0.15) is 18.3 Å². The maximum absolute atomic E-state index is 13.5. The predicted octanol–water partition coefficient (Wildman–Crippen LogP) is 3.70. The SMILES string of the molecule is Cc1cc(=O)c(C(=O)Nc2ccccc2C(=O)NC2CC2)nn1-c1ccccc1C(F)(F)F. The van der Waals surface area contributed by atoms with Crippen molar-refractivity contribution in [2.75, 3.05) is 5.32 Å². The van der Waals surface area contributed by atoms with Gasteiger partial charge >= 0.3 is 6.18 Å². The molecule has 0 bridgehead atoms. The van der Waals surface area contributed by atoms with Crippen LogP contribution in [0.15, 0.2) is 59.4 Å². The van der Waals surface area contributed by atoms with Gasteiger partial charge in [0.05, 0.1) is 22.5 Å². The van der Waals surface area contributed by atoms with Gasteiger partial charge in [-0.3, -0.25) is 14.4 Å². The first-order chi connectivity index (χ1) is 15.6. The number of halogens is 3. The Kier molecular flexibility index (Phi) is 5.75. The predicted molar refractivity (Wildman–Crippen MR) is 114 cm³/mol. The maximum Gasteiger partial charge on any atom is 0.418 e. The van der Waals surface area contributed by atoms with E-state index in [4.69, 9.17) is 0 Å². The van der Waals surface area contributed by atoms with Gasteiger partial charge in [-0.15, -0.1) is 0 Å². The fourth-order valence-electron chi connectivity index (χ4n) is 3.31. The van der Waals surface area contributed by atoms with Gasteiger partial charge in [0, 0.05) is 17.8 Å². The summed E-state index contributed by atoms with van der Waals surface area (Å²) >= 11 is 0. The molecule has 33 heavy (non-hydrogen) atoms. The summed E-state index contributed by atoms with van der Waals surface area (Å²) in [6.07, 6.45) is -2.90. The van der Waals surface area contributed by atoms with Gasteiger partial charge in [-0.25, -0.2) is 4.68 Å². The van der Waals surface area contributed by atoms with Crippen molar-refractivity contribution in [1.29, 1.82) is 0 Å². The number of aromatic nitrogens is 2. The lowest BCUT2D eigenvalue weighted by Crippen LogP contribution is -2.29. The zero-order chi connectivity index (χ0) is 23.8. The number of anilines is 1. The van der Waals surface area contributed by atoms with Crippen molar-refractivity contribution in [2.45, 2.75) is 32.0 Å². The molecule has 1 fully saturated rings. The highest BCUT2D eigenvalue weighted by molar-refractivity contribution is 6.08. The molecular formula is C23H19F3N4O3. The minimum Gasteiger partial charge on any atom is -0.349 e. The van der Waals surface area contributed by atoms with E-state index in [2.05, 4.69) is 15.7 Å². The summed E-state index contributed by atoms with van der Waals surface area (Å²) in [7, 11) is 0. The number of hydrogen-bond donors (Lipinski definition) is 2. The Morgan fingerprint density at radius 1 is 1.03 bits per heavy atom. The normalized spacial score (nSPS) is 13.5. The van der Waals surface area contributed by atoms with E-state index in [1.54, 1.807) is 12.1 Å². The molecule has 1 aromatic heterocycles. The molecule has 7 nitrogen and oxygen atoms in total. The monoisotopic (exact) mass is 456 g/mol. The first-order valence-corrected chi connectivity index (χ1v) is 10.1. The molecule has 1 saturated carbocycles. The number of carbonyl (C=O) groups is 2. The molecule has 10 heteroatoms. The molecule has 2 aromatic carbocycles. The number of nitrogens with one attached hydrogen (secondary N) is 2. The van der Waals surface area contributed by atoms with Crippen LogP contribution in [0, 0.1) is 6.92 Å². The zero-order valence-electron chi connectivity index (χ0n) is 17.4. The van der Waals surface area contributed by atoms with Crippen LogP contribution in [0.5, 0.6) is 0 Å². The molecular weight excluding hydrogens is 437 g/mol. The fourth-order valence-corrected chi connectivity index (χ4v) is 3.31. The summed E-state index contributed by atoms with van der Waals surface area (Å²) < 4.78 is 41.4. The summed E-state index contributed by atoms with van der Waals surface area (Å²) in [5.74, 6) is -1.31. The van der Waals surface area contributed by atoms with E-state index in [1.807, 2.05) is 0 Å². The second kappa shape index (κ2) is 8.53. The van der Waals surface area contributed by atoms with Crippen LogP contribution in [0.25, 0.3) is 5.69 Å². The minimum absolute atomic E-state index is 0.0981. The number of amides is 2. The average Bonchev–Trinajstić information content (AvgIpc) is 3.57. The van der Waals surface area contributed by atoms with Gasteiger partial charge in [-0.05, 0) is 44.0 Å². The first-order valence-electron chi connectivity index (χ1n) is 10.1. The van der Waals surface area contributed by atoms with Crippen molar-refractivity contribution in [2.24, 2.45) is 0 Å². The van der Waals surface area contributed by atoms with Crippen LogP contribution >= 0.6 is 0 Å². The molecule has 1 heterocycles. The van der Waals surface area contributed by atoms with E-state index < -0.39 is 28.8 Å². The summed E-state index contributed by atoms with van der Waals surface area (Å²) in [5, 5.41) is 9.24. The Hall–Kier alpha value is -3.95. The Bertz CT molecular complexity index is 1300. The van der Waals surface area contributed by atoms with Crippen molar-refractivity contribution in [3.8, 4) is 5.69 Å². The molecule has 1 aliphatic rings. The van der Waals surface area contributed by atoms with Crippen molar-refractivity contribution in [3.05, 3.63) is 87.3 Å². The Labute approximate surface area is 186 Å². The molecule has 0 unspecified atom stereocenters. The van der Waals surface area contributed by atoms with E-state index in [1.165, 1.54) is 37.3 Å². The van der Waals surface area contributed by atoms with Crippen LogP contribution in [0.1, 0.15) is 44.9 Å². The lowest BCUT2D eigenvalue weighted by molar-refractivity contribution is -0.137. The van der Waals surface area contributed by atoms with Crippen LogP contribution < -0.4 is 16.1 Å². The molecule has 0 spiro atoms. The Balaban J connectivity index is 1.70. The number of carbonyl (C=O) groups excluding carboxylic acids is 2. The molecule has 0 radical (unpaired) electrons. The number of rotatable bonds is 5. The maximum atomic E-state index is 13.5. The van der Waals surface area contributed by atoms with Crippen LogP contribution in [0.4, 0.5) is 18.9 Å². The molecule has 0 saturated heterocycles.